The molecule has 0 saturated carbocycles. The maximum Gasteiger partial charge on any atom is 0.165 e. The van der Waals surface area contributed by atoms with Crippen molar-refractivity contribution in [2.24, 2.45) is 0 Å². The smallest absolute Gasteiger partial charge is 0.165 e. The lowest BCUT2D eigenvalue weighted by Crippen LogP contribution is -2.42. The van der Waals surface area contributed by atoms with E-state index in [0.29, 0.717) is 12.2 Å². The van der Waals surface area contributed by atoms with Crippen LogP contribution in [0.3, 0.4) is 0 Å². The van der Waals surface area contributed by atoms with E-state index < -0.39 is 0 Å². The molecule has 0 amide bonds. The van der Waals surface area contributed by atoms with E-state index in [2.05, 4.69) is 43.9 Å². The molecule has 0 aromatic heterocycles. The molecule has 2 nitrogen and oxygen atoms in total. The van der Waals surface area contributed by atoms with Gasteiger partial charge in [-0.3, -0.25) is 4.79 Å². The molecule has 0 spiro atoms. The van der Waals surface area contributed by atoms with Gasteiger partial charge in [-0.05, 0) is 58.1 Å². The summed E-state index contributed by atoms with van der Waals surface area (Å²) in [7, 11) is 0. The van der Waals surface area contributed by atoms with Crippen molar-refractivity contribution in [3.05, 3.63) is 41.1 Å². The Morgan fingerprint density at radius 2 is 1.75 bits per heavy atom. The molecule has 1 aromatic carbocycles. The van der Waals surface area contributed by atoms with E-state index in [-0.39, 0.29) is 5.54 Å². The lowest BCUT2D eigenvalue weighted by atomic mass is 9.90. The quantitative estimate of drug-likeness (QED) is 0.702. The van der Waals surface area contributed by atoms with Crippen molar-refractivity contribution < 1.29 is 4.79 Å². The molecule has 0 fully saturated rings. The average molecular weight is 269 g/mol. The topological polar surface area (TPSA) is 20.3 Å². The van der Waals surface area contributed by atoms with Crippen LogP contribution in [0, 0.1) is 0 Å². The second-order valence-electron chi connectivity index (χ2n) is 6.87. The van der Waals surface area contributed by atoms with Crippen molar-refractivity contribution in [3.8, 4) is 0 Å². The van der Waals surface area contributed by atoms with E-state index in [1.54, 1.807) is 0 Å². The Morgan fingerprint density at radius 1 is 1.05 bits per heavy atom. The Labute approximate surface area is 121 Å². The number of allylic oxidation sites excluding steroid dienone is 2. The first-order valence-corrected chi connectivity index (χ1v) is 7.62. The fourth-order valence-corrected chi connectivity index (χ4v) is 3.51. The highest BCUT2D eigenvalue weighted by Gasteiger charge is 2.34. The summed E-state index contributed by atoms with van der Waals surface area (Å²) in [6.07, 6.45) is 4.89. The molecule has 0 saturated heterocycles. The molecule has 3 rings (SSSR count). The number of nitrogens with zero attached hydrogens (tertiary/aromatic N) is 1. The van der Waals surface area contributed by atoms with Gasteiger partial charge in [-0.2, -0.15) is 0 Å². The molecule has 2 aliphatic rings. The van der Waals surface area contributed by atoms with Gasteiger partial charge in [0.25, 0.3) is 0 Å². The number of hydrogen-bond donors (Lipinski definition) is 0. The molecular formula is C18H23NO. The maximum atomic E-state index is 12.6. The number of carbonyl (C=O) groups is 1. The number of fused-ring (bicyclic) bond motifs is 1. The van der Waals surface area contributed by atoms with Crippen molar-refractivity contribution in [3.63, 3.8) is 0 Å². The second-order valence-corrected chi connectivity index (χ2v) is 6.87. The minimum Gasteiger partial charge on any atom is -0.339 e. The number of para-hydroxylation sites is 1. The zero-order chi connectivity index (χ0) is 14.3. The van der Waals surface area contributed by atoms with Crippen LogP contribution in [-0.4, -0.2) is 11.3 Å². The van der Waals surface area contributed by atoms with Gasteiger partial charge in [-0.1, -0.05) is 18.2 Å². The third-order valence-electron chi connectivity index (χ3n) is 4.30. The van der Waals surface area contributed by atoms with Gasteiger partial charge in [-0.15, -0.1) is 0 Å². The molecule has 20 heavy (non-hydrogen) atoms. The van der Waals surface area contributed by atoms with Crippen LogP contribution in [-0.2, 0) is 11.2 Å². The molecule has 1 heterocycles. The molecule has 0 N–H and O–H groups in total. The highest BCUT2D eigenvalue weighted by molar-refractivity contribution is 6.00. The largest absolute Gasteiger partial charge is 0.339 e. The zero-order valence-corrected chi connectivity index (χ0v) is 12.7. The Bertz CT molecular complexity index is 577. The summed E-state index contributed by atoms with van der Waals surface area (Å²) in [5.74, 6) is 0.332. The van der Waals surface area contributed by atoms with Gasteiger partial charge in [0.1, 0.15) is 0 Å². The molecule has 0 radical (unpaired) electrons. The van der Waals surface area contributed by atoms with Crippen LogP contribution in [0.25, 0.3) is 0 Å². The van der Waals surface area contributed by atoms with Crippen LogP contribution in [0.2, 0.25) is 0 Å². The van der Waals surface area contributed by atoms with E-state index in [9.17, 15) is 4.79 Å². The van der Waals surface area contributed by atoms with Crippen LogP contribution in [0.1, 0.15) is 52.0 Å². The molecule has 0 atom stereocenters. The number of carbonyl (C=O) groups excluding carboxylic acids is 1. The fraction of sp³-hybridized carbons (Fsp3) is 0.500. The third-order valence-corrected chi connectivity index (χ3v) is 4.30. The highest BCUT2D eigenvalue weighted by atomic mass is 16.1. The van der Waals surface area contributed by atoms with Crippen molar-refractivity contribution in [1.82, 2.24) is 0 Å². The number of anilines is 1. The lowest BCUT2D eigenvalue weighted by molar-refractivity contribution is -0.115. The summed E-state index contributed by atoms with van der Waals surface area (Å²) in [5, 5.41) is 0. The normalized spacial score (nSPS) is 19.6. The summed E-state index contributed by atoms with van der Waals surface area (Å²) in [4.78, 5) is 15.0. The SMILES string of the molecule is CC(C)(C)N1C2=C(CCCC2)C(=O)Cc2ccccc21. The van der Waals surface area contributed by atoms with Crippen LogP contribution in [0.4, 0.5) is 5.69 Å². The summed E-state index contributed by atoms with van der Waals surface area (Å²) in [5.41, 5.74) is 4.75. The van der Waals surface area contributed by atoms with Crippen molar-refractivity contribution in [2.75, 3.05) is 4.90 Å². The Kier molecular flexibility index (Phi) is 3.19. The minimum atomic E-state index is -0.00134. The molecule has 1 aliphatic carbocycles. The van der Waals surface area contributed by atoms with Crippen LogP contribution in [0.15, 0.2) is 35.5 Å². The van der Waals surface area contributed by atoms with Gasteiger partial charge >= 0.3 is 0 Å². The van der Waals surface area contributed by atoms with Crippen LogP contribution in [0.5, 0.6) is 0 Å². The number of Topliss-reactive ketones (excluding diaryl/α,β-unsaturated/α-hetero) is 1. The Morgan fingerprint density at radius 3 is 2.50 bits per heavy atom. The van der Waals surface area contributed by atoms with E-state index >= 15 is 0 Å². The first kappa shape index (κ1) is 13.4. The number of rotatable bonds is 0. The predicted molar refractivity (Wildman–Crippen MR) is 82.9 cm³/mol. The number of ketones is 1. The second kappa shape index (κ2) is 4.76. The van der Waals surface area contributed by atoms with E-state index in [0.717, 1.165) is 24.8 Å². The summed E-state index contributed by atoms with van der Waals surface area (Å²) in [6, 6.07) is 8.39. The van der Waals surface area contributed by atoms with Gasteiger partial charge < -0.3 is 4.90 Å². The fourth-order valence-electron chi connectivity index (χ4n) is 3.51. The maximum absolute atomic E-state index is 12.6. The number of benzene rings is 1. The molecule has 106 valence electrons. The lowest BCUT2D eigenvalue weighted by Gasteiger charge is -2.41. The summed E-state index contributed by atoms with van der Waals surface area (Å²) < 4.78 is 0. The van der Waals surface area contributed by atoms with Crippen molar-refractivity contribution in [2.45, 2.75) is 58.4 Å². The first-order chi connectivity index (χ1) is 9.48. The average Bonchev–Trinajstić information content (AvgIpc) is 2.52. The minimum absolute atomic E-state index is 0.00134. The molecule has 1 aromatic rings. The summed E-state index contributed by atoms with van der Waals surface area (Å²) >= 11 is 0. The van der Waals surface area contributed by atoms with Gasteiger partial charge in [-0.25, -0.2) is 0 Å². The first-order valence-electron chi connectivity index (χ1n) is 7.62. The summed E-state index contributed by atoms with van der Waals surface area (Å²) in [6.45, 7) is 6.70. The van der Waals surface area contributed by atoms with Gasteiger partial charge in [0, 0.05) is 28.9 Å². The van der Waals surface area contributed by atoms with E-state index in [1.807, 2.05) is 6.07 Å². The highest BCUT2D eigenvalue weighted by Crippen LogP contribution is 2.40. The standard InChI is InChI=1S/C18H23NO/c1-18(2,3)19-15-10-6-4-8-13(15)12-17(20)14-9-5-7-11-16(14)19/h4,6,8,10H,5,7,9,11-12H2,1-3H3. The predicted octanol–water partition coefficient (Wildman–Crippen LogP) is 4.24. The van der Waals surface area contributed by atoms with Crippen molar-refractivity contribution >= 4 is 11.5 Å². The molecule has 0 unspecified atom stereocenters. The van der Waals surface area contributed by atoms with Gasteiger partial charge in [0.05, 0.1) is 0 Å². The third kappa shape index (κ3) is 2.17. The van der Waals surface area contributed by atoms with E-state index in [1.165, 1.54) is 23.4 Å². The molecule has 2 heteroatoms. The molecular weight excluding hydrogens is 246 g/mol. The Balaban J connectivity index is 2.23. The monoisotopic (exact) mass is 269 g/mol. The molecule has 1 aliphatic heterocycles. The molecule has 0 bridgehead atoms. The zero-order valence-electron chi connectivity index (χ0n) is 12.7. The van der Waals surface area contributed by atoms with Gasteiger partial charge in [0.2, 0.25) is 0 Å². The van der Waals surface area contributed by atoms with Crippen LogP contribution < -0.4 is 4.90 Å². The van der Waals surface area contributed by atoms with Crippen molar-refractivity contribution in [1.29, 1.82) is 0 Å². The number of hydrogen-bond acceptors (Lipinski definition) is 2. The van der Waals surface area contributed by atoms with Gasteiger partial charge in [0.15, 0.2) is 5.78 Å². The van der Waals surface area contributed by atoms with E-state index in [4.69, 9.17) is 0 Å². The van der Waals surface area contributed by atoms with Crippen LogP contribution >= 0.6 is 0 Å². The Hall–Kier alpha value is -1.57.